The van der Waals surface area contributed by atoms with Gasteiger partial charge in [-0.1, -0.05) is 32.1 Å². The van der Waals surface area contributed by atoms with Crippen LogP contribution in [0.1, 0.15) is 27.2 Å². The molecule has 0 bridgehead atoms. The third kappa shape index (κ3) is 1.85. The molecule has 0 unspecified atom stereocenters. The van der Waals surface area contributed by atoms with Crippen molar-refractivity contribution in [2.24, 2.45) is 17.3 Å². The Morgan fingerprint density at radius 1 is 1.38 bits per heavy atom. The van der Waals surface area contributed by atoms with Crippen molar-refractivity contribution in [1.29, 1.82) is 0 Å². The van der Waals surface area contributed by atoms with E-state index in [4.69, 9.17) is 9.47 Å². The van der Waals surface area contributed by atoms with Crippen LogP contribution in [0.3, 0.4) is 0 Å². The molecule has 1 aliphatic carbocycles. The topological polar surface area (TPSA) is 18.5 Å². The summed E-state index contributed by atoms with van der Waals surface area (Å²) in [6, 6.07) is 0. The first-order valence-electron chi connectivity index (χ1n) is 6.11. The molecule has 2 rings (SSSR count). The monoisotopic (exact) mass is 222 g/mol. The van der Waals surface area contributed by atoms with Crippen molar-refractivity contribution >= 4 is 0 Å². The number of hydrogen-bond acceptors (Lipinski definition) is 2. The molecular formula is C14H22O2. The molecule has 2 aliphatic rings. The largest absolute Gasteiger partial charge is 0.348 e. The maximum absolute atomic E-state index is 5.73. The van der Waals surface area contributed by atoms with Gasteiger partial charge in [-0.25, -0.2) is 0 Å². The van der Waals surface area contributed by atoms with Gasteiger partial charge in [0.05, 0.1) is 13.2 Å². The van der Waals surface area contributed by atoms with Gasteiger partial charge in [0.2, 0.25) is 0 Å². The first kappa shape index (κ1) is 11.9. The Hall–Kier alpha value is -0.600. The highest BCUT2D eigenvalue weighted by molar-refractivity contribution is 5.13. The Kier molecular flexibility index (Phi) is 3.22. The van der Waals surface area contributed by atoms with Gasteiger partial charge in [0, 0.05) is 5.41 Å². The molecule has 1 fully saturated rings. The molecule has 0 aromatic carbocycles. The summed E-state index contributed by atoms with van der Waals surface area (Å²) in [6.07, 6.45) is 5.06. The lowest BCUT2D eigenvalue weighted by molar-refractivity contribution is -0.229. The van der Waals surface area contributed by atoms with Crippen molar-refractivity contribution in [1.82, 2.24) is 0 Å². The lowest BCUT2D eigenvalue weighted by Crippen LogP contribution is -2.50. The van der Waals surface area contributed by atoms with E-state index in [1.165, 1.54) is 5.57 Å². The highest BCUT2D eigenvalue weighted by atomic mass is 16.7. The van der Waals surface area contributed by atoms with Crippen LogP contribution in [0.5, 0.6) is 0 Å². The van der Waals surface area contributed by atoms with Crippen molar-refractivity contribution in [3.8, 4) is 0 Å². The molecule has 0 aromatic rings. The summed E-state index contributed by atoms with van der Waals surface area (Å²) in [5.41, 5.74) is 1.66. The van der Waals surface area contributed by atoms with Crippen LogP contribution in [0.15, 0.2) is 24.3 Å². The van der Waals surface area contributed by atoms with E-state index in [-0.39, 0.29) is 11.7 Å². The van der Waals surface area contributed by atoms with E-state index >= 15 is 0 Å². The number of rotatable bonds is 1. The van der Waals surface area contributed by atoms with Crippen LogP contribution in [0.4, 0.5) is 0 Å². The van der Waals surface area contributed by atoms with Crippen molar-refractivity contribution in [3.63, 3.8) is 0 Å². The minimum Gasteiger partial charge on any atom is -0.348 e. The number of allylic oxidation sites excluding steroid dienone is 2. The van der Waals surface area contributed by atoms with Crippen LogP contribution < -0.4 is 0 Å². The predicted octanol–water partition coefficient (Wildman–Crippen LogP) is 3.15. The molecule has 1 aliphatic heterocycles. The van der Waals surface area contributed by atoms with Crippen LogP contribution in [0, 0.1) is 17.3 Å². The minimum atomic E-state index is -0.211. The fraction of sp³-hybridized carbons (Fsp3) is 0.714. The van der Waals surface area contributed by atoms with Crippen LogP contribution >= 0.6 is 0 Å². The third-order valence-corrected chi connectivity index (χ3v) is 4.28. The average Bonchev–Trinajstić information content (AvgIpc) is 2.27. The fourth-order valence-electron chi connectivity index (χ4n) is 3.04. The summed E-state index contributed by atoms with van der Waals surface area (Å²) in [5.74, 6) is 1.15. The van der Waals surface area contributed by atoms with Crippen LogP contribution in [-0.2, 0) is 9.47 Å². The van der Waals surface area contributed by atoms with E-state index in [1.54, 1.807) is 6.08 Å². The quantitative estimate of drug-likeness (QED) is 0.634. The molecule has 1 saturated heterocycles. The second-order valence-electron chi connectivity index (χ2n) is 5.37. The summed E-state index contributed by atoms with van der Waals surface area (Å²) >= 11 is 0. The number of hydrogen-bond donors (Lipinski definition) is 0. The van der Waals surface area contributed by atoms with Gasteiger partial charge in [0.1, 0.15) is 0 Å². The molecule has 2 atom stereocenters. The van der Waals surface area contributed by atoms with Gasteiger partial charge in [-0.15, -0.1) is 0 Å². The lowest BCUT2D eigenvalue weighted by Gasteiger charge is -2.49. The first-order chi connectivity index (χ1) is 7.58. The Bertz CT molecular complexity index is 298. The zero-order valence-corrected chi connectivity index (χ0v) is 10.5. The summed E-state index contributed by atoms with van der Waals surface area (Å²) in [7, 11) is 0. The standard InChI is InChI=1S/C14H22O2/c1-5-13-15-8-14(9-16-13)11(3)6-10(2)7-12(14)4/h5-6,11-13H,1,7-9H2,2-4H3/t11-,12+,13?,14?/m1/s1. The van der Waals surface area contributed by atoms with Gasteiger partial charge in [-0.05, 0) is 31.3 Å². The number of ether oxygens (including phenoxy) is 2. The summed E-state index contributed by atoms with van der Waals surface area (Å²) in [5, 5.41) is 0. The maximum atomic E-state index is 5.73. The second-order valence-corrected chi connectivity index (χ2v) is 5.37. The Morgan fingerprint density at radius 2 is 2.00 bits per heavy atom. The molecule has 2 heteroatoms. The van der Waals surface area contributed by atoms with Crippen LogP contribution in [-0.4, -0.2) is 19.5 Å². The van der Waals surface area contributed by atoms with Gasteiger partial charge in [0.25, 0.3) is 0 Å². The predicted molar refractivity (Wildman–Crippen MR) is 65.0 cm³/mol. The van der Waals surface area contributed by atoms with Gasteiger partial charge in [-0.2, -0.15) is 0 Å². The zero-order chi connectivity index (χ0) is 11.8. The summed E-state index contributed by atoms with van der Waals surface area (Å²) < 4.78 is 11.5. The molecule has 1 spiro atoms. The van der Waals surface area contributed by atoms with E-state index in [1.807, 2.05) is 0 Å². The normalized spacial score (nSPS) is 44.2. The Balaban J connectivity index is 2.16. The van der Waals surface area contributed by atoms with Crippen molar-refractivity contribution in [2.75, 3.05) is 13.2 Å². The smallest absolute Gasteiger partial charge is 0.176 e. The van der Waals surface area contributed by atoms with E-state index in [0.717, 1.165) is 19.6 Å². The van der Waals surface area contributed by atoms with Crippen molar-refractivity contribution in [3.05, 3.63) is 24.3 Å². The summed E-state index contributed by atoms with van der Waals surface area (Å²) in [4.78, 5) is 0. The van der Waals surface area contributed by atoms with E-state index in [0.29, 0.717) is 11.8 Å². The van der Waals surface area contributed by atoms with Crippen LogP contribution in [0.2, 0.25) is 0 Å². The van der Waals surface area contributed by atoms with Crippen molar-refractivity contribution < 1.29 is 9.47 Å². The molecule has 0 saturated carbocycles. The Labute approximate surface area is 98.3 Å². The third-order valence-electron chi connectivity index (χ3n) is 4.28. The molecular weight excluding hydrogens is 200 g/mol. The lowest BCUT2D eigenvalue weighted by atomic mass is 9.63. The molecule has 0 N–H and O–H groups in total. The van der Waals surface area contributed by atoms with Gasteiger partial charge >= 0.3 is 0 Å². The van der Waals surface area contributed by atoms with Crippen LogP contribution in [0.25, 0.3) is 0 Å². The van der Waals surface area contributed by atoms with Crippen molar-refractivity contribution in [2.45, 2.75) is 33.5 Å². The SMILES string of the molecule is C=CC1OCC2(CO1)[C@H](C)C=C(C)C[C@@H]2C. The average molecular weight is 222 g/mol. The fourth-order valence-corrected chi connectivity index (χ4v) is 3.04. The van der Waals surface area contributed by atoms with E-state index in [2.05, 4.69) is 33.4 Å². The van der Waals surface area contributed by atoms with Gasteiger partial charge < -0.3 is 9.47 Å². The van der Waals surface area contributed by atoms with Gasteiger partial charge in [0.15, 0.2) is 6.29 Å². The van der Waals surface area contributed by atoms with Gasteiger partial charge in [-0.3, -0.25) is 0 Å². The second kappa shape index (κ2) is 4.34. The molecule has 1 heterocycles. The highest BCUT2D eigenvalue weighted by Crippen LogP contribution is 2.46. The summed E-state index contributed by atoms with van der Waals surface area (Å²) in [6.45, 7) is 12.1. The molecule has 16 heavy (non-hydrogen) atoms. The Morgan fingerprint density at radius 3 is 2.50 bits per heavy atom. The highest BCUT2D eigenvalue weighted by Gasteiger charge is 2.46. The molecule has 90 valence electrons. The van der Waals surface area contributed by atoms with E-state index < -0.39 is 0 Å². The molecule has 2 nitrogen and oxygen atoms in total. The maximum Gasteiger partial charge on any atom is 0.176 e. The molecule has 0 radical (unpaired) electrons. The molecule has 0 aromatic heterocycles. The zero-order valence-electron chi connectivity index (χ0n) is 10.5. The molecule has 0 amide bonds. The minimum absolute atomic E-state index is 0.166. The van der Waals surface area contributed by atoms with E-state index in [9.17, 15) is 0 Å². The first-order valence-corrected chi connectivity index (χ1v) is 6.11.